The molecule has 3 rings (SSSR count). The Labute approximate surface area is 202 Å². The van der Waals surface area contributed by atoms with Crippen molar-refractivity contribution in [2.45, 2.75) is 43.8 Å². The van der Waals surface area contributed by atoms with Gasteiger partial charge in [0.1, 0.15) is 11.2 Å². The van der Waals surface area contributed by atoms with E-state index in [0.29, 0.717) is 12.0 Å². The fraction of sp³-hybridized carbons (Fsp3) is 0.231. The summed E-state index contributed by atoms with van der Waals surface area (Å²) in [5.41, 5.74) is -0.0542. The van der Waals surface area contributed by atoms with Gasteiger partial charge >= 0.3 is 11.9 Å². The molecule has 0 aliphatic heterocycles. The maximum absolute atomic E-state index is 13.0. The Balaban J connectivity index is 1.88. The Kier molecular flexibility index (Phi) is 8.11. The molecule has 0 heterocycles. The monoisotopic (exact) mass is 481 g/mol. The average molecular weight is 482 g/mol. The van der Waals surface area contributed by atoms with Crippen molar-refractivity contribution in [1.29, 1.82) is 0 Å². The van der Waals surface area contributed by atoms with Crippen molar-refractivity contribution in [1.82, 2.24) is 0 Å². The van der Waals surface area contributed by atoms with Crippen molar-refractivity contribution in [3.8, 4) is 0 Å². The van der Waals surface area contributed by atoms with Gasteiger partial charge in [-0.1, -0.05) is 60.7 Å². The molecule has 0 amide bonds. The van der Waals surface area contributed by atoms with Gasteiger partial charge < -0.3 is 14.7 Å². The molecule has 0 N–H and O–H groups in total. The van der Waals surface area contributed by atoms with Crippen LogP contribution >= 0.6 is 12.0 Å². The lowest BCUT2D eigenvalue weighted by molar-refractivity contribution is -0.777. The van der Waals surface area contributed by atoms with Crippen molar-refractivity contribution in [2.24, 2.45) is 0 Å². The minimum atomic E-state index is -0.925. The first-order chi connectivity index (χ1) is 16.1. The number of hydrogen-bond donors (Lipinski definition) is 0. The molecule has 0 atom stereocenters. The lowest BCUT2D eigenvalue weighted by Gasteiger charge is -2.26. The van der Waals surface area contributed by atoms with Crippen molar-refractivity contribution in [2.75, 3.05) is 0 Å². The number of esters is 2. The Morgan fingerprint density at radius 2 is 1.12 bits per heavy atom. The van der Waals surface area contributed by atoms with Crippen LogP contribution in [0.4, 0.5) is 0 Å². The highest BCUT2D eigenvalue weighted by Gasteiger charge is 2.29. The number of hydrogen-bond acceptors (Lipinski definition) is 8. The largest absolute Gasteiger partial charge is 0.691 e. The Hall–Kier alpha value is -3.17. The van der Waals surface area contributed by atoms with Gasteiger partial charge in [0.05, 0.1) is 23.2 Å². The Morgan fingerprint density at radius 1 is 0.706 bits per heavy atom. The summed E-state index contributed by atoms with van der Waals surface area (Å²) < 4.78 is 15.9. The van der Waals surface area contributed by atoms with E-state index in [2.05, 4.69) is 9.37 Å². The molecule has 0 aromatic heterocycles. The van der Waals surface area contributed by atoms with Crippen LogP contribution in [0.15, 0.2) is 83.8 Å². The molecule has 7 nitrogen and oxygen atoms in total. The lowest BCUT2D eigenvalue weighted by Crippen LogP contribution is -2.27. The van der Waals surface area contributed by atoms with Gasteiger partial charge in [-0.2, -0.15) is 4.33 Å². The summed E-state index contributed by atoms with van der Waals surface area (Å²) in [6.07, 6.45) is 0. The van der Waals surface area contributed by atoms with E-state index in [9.17, 15) is 14.8 Å². The zero-order valence-corrected chi connectivity index (χ0v) is 20.1. The van der Waals surface area contributed by atoms with Gasteiger partial charge in [0.15, 0.2) is 0 Å². The highest BCUT2D eigenvalue weighted by Crippen LogP contribution is 2.30. The van der Waals surface area contributed by atoms with Crippen LogP contribution in [0.25, 0.3) is 0 Å². The molecule has 0 aliphatic carbocycles. The third kappa shape index (κ3) is 6.45. The predicted octanol–water partition coefficient (Wildman–Crippen LogP) is 5.10. The number of rotatable bonds is 9. The molecule has 178 valence electrons. The minimum Gasteiger partial charge on any atom is -0.691 e. The van der Waals surface area contributed by atoms with E-state index in [-0.39, 0.29) is 16.0 Å². The number of carbonyl (C=O) groups is 2. The molecule has 0 saturated carbocycles. The van der Waals surface area contributed by atoms with Crippen molar-refractivity contribution >= 4 is 24.0 Å². The van der Waals surface area contributed by atoms with E-state index in [1.807, 2.05) is 60.7 Å². The van der Waals surface area contributed by atoms with Crippen molar-refractivity contribution in [3.05, 3.63) is 101 Å². The van der Waals surface area contributed by atoms with Crippen LogP contribution < -0.4 is 5.26 Å². The highest BCUT2D eigenvalue weighted by atomic mass is 32.2. The molecule has 0 spiro atoms. The predicted molar refractivity (Wildman–Crippen MR) is 124 cm³/mol. The number of carbonyl (C=O) groups excluding carboxylic acids is 2. The van der Waals surface area contributed by atoms with Crippen LogP contribution in [-0.2, 0) is 30.0 Å². The second-order valence-electron chi connectivity index (χ2n) is 8.50. The summed E-state index contributed by atoms with van der Waals surface area (Å²) >= 11 is 0.562. The zero-order valence-electron chi connectivity index (χ0n) is 19.3. The number of benzene rings is 3. The quantitative estimate of drug-likeness (QED) is 0.180. The number of ether oxygens (including phenoxy) is 2. The van der Waals surface area contributed by atoms with Crippen LogP contribution in [0.3, 0.4) is 0 Å². The van der Waals surface area contributed by atoms with E-state index >= 15 is 0 Å². The zero-order chi connectivity index (χ0) is 24.8. The Bertz CT molecular complexity index is 1040. The second kappa shape index (κ2) is 10.8. The van der Waals surface area contributed by atoms with E-state index in [4.69, 9.17) is 9.47 Å². The highest BCUT2D eigenvalue weighted by molar-refractivity contribution is 7.94. The van der Waals surface area contributed by atoms with Gasteiger partial charge in [-0.3, -0.25) is 5.04 Å². The van der Waals surface area contributed by atoms with E-state index in [1.165, 1.54) is 18.2 Å². The van der Waals surface area contributed by atoms with Gasteiger partial charge in [0.2, 0.25) is 0 Å². The summed E-state index contributed by atoms with van der Waals surface area (Å²) in [5.74, 6) is -1.31. The van der Waals surface area contributed by atoms with Gasteiger partial charge in [-0.05, 0) is 57.0 Å². The molecule has 34 heavy (non-hydrogen) atoms. The SMILES string of the molecule is CC(C)(OC(=O)c1cc(SOO[O-])cc(C(=O)OC(C)(C)c2ccccc2)c1)c1ccccc1. The van der Waals surface area contributed by atoms with Crippen molar-refractivity contribution < 1.29 is 33.7 Å². The van der Waals surface area contributed by atoms with Crippen LogP contribution in [-0.4, -0.2) is 11.9 Å². The smallest absolute Gasteiger partial charge is 0.339 e. The normalized spacial score (nSPS) is 11.7. The molecule has 0 aliphatic rings. The summed E-state index contributed by atoms with van der Waals surface area (Å²) in [6.45, 7) is 7.07. The third-order valence-electron chi connectivity index (χ3n) is 5.17. The summed E-state index contributed by atoms with van der Waals surface area (Å²) in [7, 11) is 0. The first-order valence-corrected chi connectivity index (χ1v) is 11.2. The molecule has 0 saturated heterocycles. The first kappa shape index (κ1) is 25.5. The minimum absolute atomic E-state index is 0.0907. The third-order valence-corrected chi connectivity index (χ3v) is 5.72. The lowest BCUT2D eigenvalue weighted by atomic mass is 9.98. The molecule has 0 bridgehead atoms. The molecule has 3 aromatic carbocycles. The molecular formula is C26H25O7S-. The first-order valence-electron chi connectivity index (χ1n) is 10.5. The van der Waals surface area contributed by atoms with Crippen molar-refractivity contribution in [3.63, 3.8) is 0 Å². The van der Waals surface area contributed by atoms with E-state index in [0.717, 1.165) is 11.1 Å². The fourth-order valence-electron chi connectivity index (χ4n) is 3.31. The van der Waals surface area contributed by atoms with Crippen LogP contribution in [0.1, 0.15) is 59.5 Å². The van der Waals surface area contributed by atoms with Gasteiger partial charge in [0.25, 0.3) is 0 Å². The van der Waals surface area contributed by atoms with Crippen LogP contribution in [0.5, 0.6) is 0 Å². The second-order valence-corrected chi connectivity index (χ2v) is 9.27. The standard InChI is InChI=1S/C26H26O7S/c1-25(2,20-11-7-5-8-12-20)30-23(27)18-15-19(17-22(16-18)34-33-32-29)24(28)31-26(3,4)21-13-9-6-10-14-21/h5-17,29H,1-4H3/p-1. The summed E-state index contributed by atoms with van der Waals surface area (Å²) in [5, 5.41) is 13.7. The molecule has 3 aromatic rings. The maximum atomic E-state index is 13.0. The summed E-state index contributed by atoms with van der Waals surface area (Å²) in [4.78, 5) is 26.3. The average Bonchev–Trinajstić information content (AvgIpc) is 2.83. The van der Waals surface area contributed by atoms with Gasteiger partial charge in [0, 0.05) is 4.90 Å². The van der Waals surface area contributed by atoms with Gasteiger partial charge in [-0.15, -0.1) is 0 Å². The van der Waals surface area contributed by atoms with E-state index < -0.39 is 23.1 Å². The van der Waals surface area contributed by atoms with Crippen LogP contribution in [0.2, 0.25) is 0 Å². The van der Waals surface area contributed by atoms with E-state index in [1.54, 1.807) is 27.7 Å². The summed E-state index contributed by atoms with van der Waals surface area (Å²) in [6, 6.07) is 22.8. The molecule has 0 unspecified atom stereocenters. The van der Waals surface area contributed by atoms with Crippen LogP contribution in [0, 0.1) is 0 Å². The topological polar surface area (TPSA) is 94.1 Å². The maximum Gasteiger partial charge on any atom is 0.339 e. The van der Waals surface area contributed by atoms with Gasteiger partial charge in [-0.25, -0.2) is 9.59 Å². The molecular weight excluding hydrogens is 456 g/mol. The Morgan fingerprint density at radius 3 is 1.50 bits per heavy atom. The fourth-order valence-corrected chi connectivity index (χ4v) is 3.77. The molecule has 8 heteroatoms. The molecule has 0 radical (unpaired) electrons. The molecule has 0 fully saturated rings.